The summed E-state index contributed by atoms with van der Waals surface area (Å²) in [4.78, 5) is 13.6. The highest BCUT2D eigenvalue weighted by Gasteiger charge is 2.16. The van der Waals surface area contributed by atoms with Gasteiger partial charge in [-0.25, -0.2) is 0 Å². The van der Waals surface area contributed by atoms with Gasteiger partial charge in [0.1, 0.15) is 0 Å². The van der Waals surface area contributed by atoms with E-state index < -0.39 is 0 Å². The van der Waals surface area contributed by atoms with E-state index in [4.69, 9.17) is 4.42 Å². The van der Waals surface area contributed by atoms with Gasteiger partial charge in [0.05, 0.1) is 6.26 Å². The summed E-state index contributed by atoms with van der Waals surface area (Å²) >= 11 is 1.69. The molecule has 3 aromatic rings. The highest BCUT2D eigenvalue weighted by Crippen LogP contribution is 2.25. The van der Waals surface area contributed by atoms with Crippen molar-refractivity contribution in [2.75, 3.05) is 6.54 Å². The second-order valence-corrected chi connectivity index (χ2v) is 6.95. The average molecular weight is 351 g/mol. The summed E-state index contributed by atoms with van der Waals surface area (Å²) < 4.78 is 5.43. The van der Waals surface area contributed by atoms with Crippen molar-refractivity contribution < 1.29 is 9.21 Å². The molecular formula is C21H21NO2S. The number of furan rings is 1. The van der Waals surface area contributed by atoms with Crippen LogP contribution >= 0.6 is 11.8 Å². The average Bonchev–Trinajstić information content (AvgIpc) is 3.14. The second kappa shape index (κ2) is 8.58. The molecule has 2 aromatic carbocycles. The number of carbonyl (C=O) groups excluding carboxylic acids is 1. The first-order chi connectivity index (χ1) is 12.2. The van der Waals surface area contributed by atoms with Crippen LogP contribution in [-0.4, -0.2) is 12.5 Å². The molecule has 3 rings (SSSR count). The van der Waals surface area contributed by atoms with Gasteiger partial charge < -0.3 is 9.73 Å². The molecule has 0 aliphatic heterocycles. The van der Waals surface area contributed by atoms with E-state index in [2.05, 4.69) is 36.5 Å². The smallest absolute Gasteiger partial charge is 0.287 e. The van der Waals surface area contributed by atoms with E-state index in [1.807, 2.05) is 42.5 Å². The second-order valence-electron chi connectivity index (χ2n) is 5.90. The first kappa shape index (κ1) is 17.4. The van der Waals surface area contributed by atoms with Crippen molar-refractivity contribution in [3.8, 4) is 0 Å². The third kappa shape index (κ3) is 4.77. The van der Waals surface area contributed by atoms with Crippen molar-refractivity contribution in [3.63, 3.8) is 0 Å². The fourth-order valence-electron chi connectivity index (χ4n) is 2.55. The van der Waals surface area contributed by atoms with E-state index in [0.717, 1.165) is 5.56 Å². The van der Waals surface area contributed by atoms with Crippen LogP contribution in [0.4, 0.5) is 0 Å². The number of nitrogens with one attached hydrogen (secondary N) is 1. The van der Waals surface area contributed by atoms with Crippen molar-refractivity contribution >= 4 is 17.7 Å². The van der Waals surface area contributed by atoms with Gasteiger partial charge in [0.2, 0.25) is 0 Å². The zero-order chi connectivity index (χ0) is 17.5. The van der Waals surface area contributed by atoms with Crippen molar-refractivity contribution in [1.29, 1.82) is 0 Å². The molecule has 1 unspecified atom stereocenters. The van der Waals surface area contributed by atoms with Crippen molar-refractivity contribution in [3.05, 3.63) is 89.9 Å². The van der Waals surface area contributed by atoms with Gasteiger partial charge in [-0.3, -0.25) is 4.79 Å². The molecule has 128 valence electrons. The van der Waals surface area contributed by atoms with E-state index in [1.54, 1.807) is 18.0 Å². The maximum absolute atomic E-state index is 12.5. The zero-order valence-electron chi connectivity index (χ0n) is 14.1. The number of hydrogen-bond donors (Lipinski definition) is 1. The van der Waals surface area contributed by atoms with Gasteiger partial charge in [-0.15, -0.1) is 11.8 Å². The van der Waals surface area contributed by atoms with Crippen molar-refractivity contribution in [2.24, 2.45) is 0 Å². The first-order valence-electron chi connectivity index (χ1n) is 8.31. The molecule has 0 bridgehead atoms. The van der Waals surface area contributed by atoms with Crippen LogP contribution in [0, 0.1) is 0 Å². The molecule has 1 aromatic heterocycles. The van der Waals surface area contributed by atoms with Crippen LogP contribution < -0.4 is 5.32 Å². The SMILES string of the molecule is CC(CNC(=O)c1occc1CSc1ccccc1)c1ccccc1. The quantitative estimate of drug-likeness (QED) is 0.602. The van der Waals surface area contributed by atoms with Crippen LogP contribution in [-0.2, 0) is 5.75 Å². The summed E-state index contributed by atoms with van der Waals surface area (Å²) in [5.41, 5.74) is 2.13. The van der Waals surface area contributed by atoms with E-state index in [-0.39, 0.29) is 11.8 Å². The largest absolute Gasteiger partial charge is 0.459 e. The molecule has 1 amide bonds. The van der Waals surface area contributed by atoms with Gasteiger partial charge in [-0.2, -0.15) is 0 Å². The summed E-state index contributed by atoms with van der Waals surface area (Å²) in [6.45, 7) is 2.68. The Morgan fingerprint density at radius 1 is 1.04 bits per heavy atom. The summed E-state index contributed by atoms with van der Waals surface area (Å²) in [7, 11) is 0. The monoisotopic (exact) mass is 351 g/mol. The molecular weight excluding hydrogens is 330 g/mol. The molecule has 0 aliphatic carbocycles. The third-order valence-corrected chi connectivity index (χ3v) is 5.09. The van der Waals surface area contributed by atoms with Crippen LogP contribution in [0.2, 0.25) is 0 Å². The molecule has 3 nitrogen and oxygen atoms in total. The standard InChI is InChI=1S/C21H21NO2S/c1-16(17-8-4-2-5-9-17)14-22-21(23)20-18(12-13-24-20)15-25-19-10-6-3-7-11-19/h2-13,16H,14-15H2,1H3,(H,22,23). The molecule has 25 heavy (non-hydrogen) atoms. The Kier molecular flexibility index (Phi) is 5.96. The Hall–Kier alpha value is -2.46. The number of thioether (sulfide) groups is 1. The maximum Gasteiger partial charge on any atom is 0.287 e. The molecule has 1 heterocycles. The molecule has 1 atom stereocenters. The van der Waals surface area contributed by atoms with Crippen LogP contribution in [0.15, 0.2) is 82.3 Å². The molecule has 0 aliphatic rings. The Morgan fingerprint density at radius 2 is 1.72 bits per heavy atom. The fourth-order valence-corrected chi connectivity index (χ4v) is 3.45. The summed E-state index contributed by atoms with van der Waals surface area (Å²) in [6.07, 6.45) is 1.58. The van der Waals surface area contributed by atoms with Crippen LogP contribution in [0.1, 0.15) is 34.5 Å². The third-order valence-electron chi connectivity index (χ3n) is 4.03. The predicted octanol–water partition coefficient (Wildman–Crippen LogP) is 5.11. The Labute approximate surface area is 152 Å². The molecule has 0 fully saturated rings. The Morgan fingerprint density at radius 3 is 2.44 bits per heavy atom. The Bertz CT molecular complexity index is 799. The first-order valence-corrected chi connectivity index (χ1v) is 9.30. The van der Waals surface area contributed by atoms with E-state index in [1.165, 1.54) is 10.5 Å². The lowest BCUT2D eigenvalue weighted by atomic mass is 10.0. The van der Waals surface area contributed by atoms with Crippen LogP contribution in [0.3, 0.4) is 0 Å². The number of hydrogen-bond acceptors (Lipinski definition) is 3. The Balaban J connectivity index is 1.57. The topological polar surface area (TPSA) is 42.2 Å². The van der Waals surface area contributed by atoms with Crippen LogP contribution in [0.25, 0.3) is 0 Å². The molecule has 0 saturated carbocycles. The van der Waals surface area contributed by atoms with Gasteiger partial charge in [-0.1, -0.05) is 55.5 Å². The van der Waals surface area contributed by atoms with E-state index >= 15 is 0 Å². The summed E-state index contributed by atoms with van der Waals surface area (Å²) in [5.74, 6) is 1.21. The molecule has 0 spiro atoms. The minimum atomic E-state index is -0.156. The lowest BCUT2D eigenvalue weighted by molar-refractivity contribution is 0.0923. The van der Waals surface area contributed by atoms with Gasteiger partial charge in [0, 0.05) is 22.8 Å². The number of carbonyl (C=O) groups is 1. The maximum atomic E-state index is 12.5. The summed E-state index contributed by atoms with van der Waals surface area (Å²) in [6, 6.07) is 22.2. The minimum absolute atomic E-state index is 0.156. The molecule has 0 saturated heterocycles. The fraction of sp³-hybridized carbons (Fsp3) is 0.190. The number of amides is 1. The van der Waals surface area contributed by atoms with Gasteiger partial charge in [-0.05, 0) is 29.7 Å². The molecule has 4 heteroatoms. The normalized spacial score (nSPS) is 11.9. The zero-order valence-corrected chi connectivity index (χ0v) is 15.0. The number of benzene rings is 2. The van der Waals surface area contributed by atoms with Crippen molar-refractivity contribution in [2.45, 2.75) is 23.5 Å². The predicted molar refractivity (Wildman–Crippen MR) is 102 cm³/mol. The minimum Gasteiger partial charge on any atom is -0.459 e. The highest BCUT2D eigenvalue weighted by atomic mass is 32.2. The van der Waals surface area contributed by atoms with Gasteiger partial charge in [0.15, 0.2) is 5.76 Å². The van der Waals surface area contributed by atoms with E-state index in [9.17, 15) is 4.79 Å². The van der Waals surface area contributed by atoms with E-state index in [0.29, 0.717) is 18.1 Å². The highest BCUT2D eigenvalue weighted by molar-refractivity contribution is 7.98. The van der Waals surface area contributed by atoms with Gasteiger partial charge in [0.25, 0.3) is 5.91 Å². The van der Waals surface area contributed by atoms with Crippen LogP contribution in [0.5, 0.6) is 0 Å². The molecule has 0 radical (unpaired) electrons. The molecule has 1 N–H and O–H groups in total. The lowest BCUT2D eigenvalue weighted by Gasteiger charge is -2.12. The lowest BCUT2D eigenvalue weighted by Crippen LogP contribution is -2.27. The van der Waals surface area contributed by atoms with Crippen molar-refractivity contribution in [1.82, 2.24) is 5.32 Å². The summed E-state index contributed by atoms with van der Waals surface area (Å²) in [5, 5.41) is 2.98. The number of rotatable bonds is 7. The van der Waals surface area contributed by atoms with Gasteiger partial charge >= 0.3 is 0 Å².